The fourth-order valence-electron chi connectivity index (χ4n) is 1.72. The maximum absolute atomic E-state index is 12.4. The fourth-order valence-corrected chi connectivity index (χ4v) is 1.72. The zero-order valence-electron chi connectivity index (χ0n) is 11.6. The number of phenolic OH excluding ortho intramolecular Hbond substituents is 1. The number of carboxylic acids is 1. The van der Waals surface area contributed by atoms with E-state index in [0.717, 1.165) is 5.56 Å². The van der Waals surface area contributed by atoms with Gasteiger partial charge >= 0.3 is 5.97 Å². The molecule has 0 aromatic heterocycles. The Labute approximate surface area is 112 Å². The van der Waals surface area contributed by atoms with Crippen LogP contribution in [-0.2, 0) is 4.79 Å². The highest BCUT2D eigenvalue weighted by Crippen LogP contribution is 2.24. The molecular formula is C14H19NO4. The molecule has 0 bridgehead atoms. The molecule has 104 valence electrons. The van der Waals surface area contributed by atoms with E-state index in [1.807, 2.05) is 0 Å². The Kier molecular flexibility index (Phi) is 4.19. The smallest absolute Gasteiger partial charge is 0.323 e. The number of benzene rings is 1. The first-order valence-corrected chi connectivity index (χ1v) is 5.96. The number of carboxylic acid groups (broad SMARTS) is 1. The molecule has 1 amide bonds. The Balaban J connectivity index is 3.16. The molecule has 0 radical (unpaired) electrons. The molecule has 5 nitrogen and oxygen atoms in total. The van der Waals surface area contributed by atoms with E-state index < -0.39 is 24.0 Å². The molecule has 0 aliphatic heterocycles. The molecule has 0 saturated heterocycles. The van der Waals surface area contributed by atoms with Crippen LogP contribution < -0.4 is 0 Å². The Morgan fingerprint density at radius 2 is 1.84 bits per heavy atom. The van der Waals surface area contributed by atoms with Gasteiger partial charge in [-0.25, -0.2) is 0 Å². The van der Waals surface area contributed by atoms with Crippen LogP contribution in [0.5, 0.6) is 5.75 Å². The van der Waals surface area contributed by atoms with Gasteiger partial charge < -0.3 is 15.1 Å². The first kappa shape index (κ1) is 15.0. The average molecular weight is 265 g/mol. The molecule has 1 rings (SSSR count). The van der Waals surface area contributed by atoms with Crippen LogP contribution >= 0.6 is 0 Å². The minimum absolute atomic E-state index is 0.113. The van der Waals surface area contributed by atoms with Crippen molar-refractivity contribution in [2.45, 2.75) is 33.2 Å². The number of amides is 1. The van der Waals surface area contributed by atoms with Gasteiger partial charge in [0.2, 0.25) is 0 Å². The molecule has 1 aromatic rings. The van der Waals surface area contributed by atoms with Crippen molar-refractivity contribution in [2.24, 2.45) is 0 Å². The van der Waals surface area contributed by atoms with Crippen molar-refractivity contribution in [2.75, 3.05) is 6.54 Å². The summed E-state index contributed by atoms with van der Waals surface area (Å²) in [5.74, 6) is -1.72. The lowest BCUT2D eigenvalue weighted by atomic mass is 10.0. The van der Waals surface area contributed by atoms with Crippen molar-refractivity contribution in [3.63, 3.8) is 0 Å². The summed E-state index contributed by atoms with van der Waals surface area (Å²) in [6.07, 6.45) is 0. The van der Waals surface area contributed by atoms with Crippen molar-refractivity contribution >= 4 is 11.9 Å². The van der Waals surface area contributed by atoms with Gasteiger partial charge in [0, 0.05) is 5.54 Å². The highest BCUT2D eigenvalue weighted by molar-refractivity contribution is 5.98. The van der Waals surface area contributed by atoms with Crippen LogP contribution in [0.15, 0.2) is 18.2 Å². The second kappa shape index (κ2) is 5.30. The zero-order valence-corrected chi connectivity index (χ0v) is 11.6. The average Bonchev–Trinajstić information content (AvgIpc) is 2.23. The number of rotatable bonds is 3. The summed E-state index contributed by atoms with van der Waals surface area (Å²) in [4.78, 5) is 24.5. The molecule has 0 unspecified atom stereocenters. The normalized spacial score (nSPS) is 11.2. The van der Waals surface area contributed by atoms with Gasteiger partial charge in [-0.2, -0.15) is 0 Å². The number of carbonyl (C=O) groups excluding carboxylic acids is 1. The monoisotopic (exact) mass is 265 g/mol. The van der Waals surface area contributed by atoms with E-state index >= 15 is 0 Å². The molecule has 0 saturated carbocycles. The van der Waals surface area contributed by atoms with Gasteiger partial charge in [-0.1, -0.05) is 6.07 Å². The first-order chi connectivity index (χ1) is 8.62. The number of nitrogens with zero attached hydrogens (tertiary/aromatic N) is 1. The molecule has 0 aliphatic carbocycles. The predicted octanol–water partition coefficient (Wildman–Crippen LogP) is 2.03. The Morgan fingerprint density at radius 3 is 2.26 bits per heavy atom. The summed E-state index contributed by atoms with van der Waals surface area (Å²) < 4.78 is 0. The molecule has 0 atom stereocenters. The topological polar surface area (TPSA) is 77.8 Å². The Hall–Kier alpha value is -2.04. The third kappa shape index (κ3) is 3.71. The number of carbonyl (C=O) groups is 2. The predicted molar refractivity (Wildman–Crippen MR) is 71.3 cm³/mol. The molecule has 19 heavy (non-hydrogen) atoms. The molecule has 5 heteroatoms. The van der Waals surface area contributed by atoms with Gasteiger partial charge in [0.15, 0.2) is 0 Å². The van der Waals surface area contributed by atoms with Crippen molar-refractivity contribution in [1.29, 1.82) is 0 Å². The van der Waals surface area contributed by atoms with Crippen LogP contribution in [0.1, 0.15) is 36.7 Å². The molecule has 0 heterocycles. The lowest BCUT2D eigenvalue weighted by Gasteiger charge is -2.34. The minimum Gasteiger partial charge on any atom is -0.507 e. The van der Waals surface area contributed by atoms with Crippen LogP contribution in [-0.4, -0.2) is 39.1 Å². The van der Waals surface area contributed by atoms with Crippen LogP contribution in [0.2, 0.25) is 0 Å². The first-order valence-electron chi connectivity index (χ1n) is 5.96. The summed E-state index contributed by atoms with van der Waals surface area (Å²) in [6, 6.07) is 4.69. The third-order valence-corrected chi connectivity index (χ3v) is 2.73. The lowest BCUT2D eigenvalue weighted by Crippen LogP contribution is -2.48. The van der Waals surface area contributed by atoms with Gasteiger partial charge in [-0.15, -0.1) is 0 Å². The Morgan fingerprint density at radius 1 is 1.26 bits per heavy atom. The van der Waals surface area contributed by atoms with Crippen LogP contribution in [0, 0.1) is 6.92 Å². The highest BCUT2D eigenvalue weighted by Gasteiger charge is 2.30. The van der Waals surface area contributed by atoms with E-state index in [4.69, 9.17) is 5.11 Å². The number of hydrogen-bond donors (Lipinski definition) is 2. The molecular weight excluding hydrogens is 246 g/mol. The van der Waals surface area contributed by atoms with Gasteiger partial charge in [-0.05, 0) is 45.4 Å². The molecule has 0 spiro atoms. The van der Waals surface area contributed by atoms with Crippen molar-refractivity contribution in [1.82, 2.24) is 4.90 Å². The molecule has 0 fully saturated rings. The van der Waals surface area contributed by atoms with Crippen LogP contribution in [0.25, 0.3) is 0 Å². The van der Waals surface area contributed by atoms with E-state index in [1.165, 1.54) is 17.0 Å². The zero-order chi connectivity index (χ0) is 14.8. The number of aryl methyl sites for hydroxylation is 1. The summed E-state index contributed by atoms with van der Waals surface area (Å²) in [5, 5.41) is 18.7. The van der Waals surface area contributed by atoms with E-state index in [1.54, 1.807) is 33.8 Å². The summed E-state index contributed by atoms with van der Waals surface area (Å²) in [7, 11) is 0. The second-order valence-corrected chi connectivity index (χ2v) is 5.48. The fraction of sp³-hybridized carbons (Fsp3) is 0.429. The summed E-state index contributed by atoms with van der Waals surface area (Å²) in [6.45, 7) is 6.64. The van der Waals surface area contributed by atoms with Crippen molar-refractivity contribution < 1.29 is 19.8 Å². The largest absolute Gasteiger partial charge is 0.507 e. The summed E-state index contributed by atoms with van der Waals surface area (Å²) >= 11 is 0. The van der Waals surface area contributed by atoms with E-state index in [0.29, 0.717) is 0 Å². The maximum atomic E-state index is 12.4. The number of aromatic hydroxyl groups is 1. The number of aliphatic carboxylic acids is 1. The third-order valence-electron chi connectivity index (χ3n) is 2.73. The van der Waals surface area contributed by atoms with Crippen molar-refractivity contribution in [3.8, 4) is 5.75 Å². The highest BCUT2D eigenvalue weighted by atomic mass is 16.4. The standard InChI is InChI=1S/C14H19NO4/c1-9-5-6-10(11(16)7-9)13(19)15(8-12(17)18)14(2,3)4/h5-7,16H,8H2,1-4H3,(H,17,18). The van der Waals surface area contributed by atoms with Gasteiger partial charge in [0.25, 0.3) is 5.91 Å². The SMILES string of the molecule is Cc1ccc(C(=O)N(CC(=O)O)C(C)(C)C)c(O)c1. The van der Waals surface area contributed by atoms with E-state index in [9.17, 15) is 14.7 Å². The lowest BCUT2D eigenvalue weighted by molar-refractivity contribution is -0.138. The maximum Gasteiger partial charge on any atom is 0.323 e. The summed E-state index contributed by atoms with van der Waals surface area (Å²) in [5.41, 5.74) is 0.295. The number of phenols is 1. The van der Waals surface area contributed by atoms with Gasteiger partial charge in [0.1, 0.15) is 12.3 Å². The molecule has 2 N–H and O–H groups in total. The quantitative estimate of drug-likeness (QED) is 0.876. The van der Waals surface area contributed by atoms with Gasteiger partial charge in [0.05, 0.1) is 5.56 Å². The number of hydrogen-bond acceptors (Lipinski definition) is 3. The minimum atomic E-state index is -1.09. The van der Waals surface area contributed by atoms with E-state index in [-0.39, 0.29) is 11.3 Å². The van der Waals surface area contributed by atoms with Crippen LogP contribution in [0.3, 0.4) is 0 Å². The molecule has 1 aromatic carbocycles. The van der Waals surface area contributed by atoms with E-state index in [2.05, 4.69) is 0 Å². The Bertz CT molecular complexity index is 503. The van der Waals surface area contributed by atoms with Gasteiger partial charge in [-0.3, -0.25) is 9.59 Å². The second-order valence-electron chi connectivity index (χ2n) is 5.48. The van der Waals surface area contributed by atoms with Crippen molar-refractivity contribution in [3.05, 3.63) is 29.3 Å². The molecule has 0 aliphatic rings. The van der Waals surface area contributed by atoms with Crippen LogP contribution in [0.4, 0.5) is 0 Å².